The van der Waals surface area contributed by atoms with Crippen LogP contribution < -0.4 is 10.1 Å². The molecule has 1 N–H and O–H groups in total. The number of aromatic nitrogens is 2. The summed E-state index contributed by atoms with van der Waals surface area (Å²) in [5.41, 5.74) is 1.08. The minimum absolute atomic E-state index is 0.612. The zero-order valence-corrected chi connectivity index (χ0v) is 9.07. The van der Waals surface area contributed by atoms with Gasteiger partial charge in [0.2, 0.25) is 5.88 Å². The molecule has 2 heterocycles. The Morgan fingerprint density at radius 3 is 3.27 bits per heavy atom. The molecule has 1 aliphatic rings. The standard InChI is InChI=1S/C11H17N3O/c1-9-5-11(14-13-6-9)15-8-10-3-2-4-12-7-10/h5-6,10,12H,2-4,7-8H2,1H3. The summed E-state index contributed by atoms with van der Waals surface area (Å²) in [6.45, 7) is 4.93. The summed E-state index contributed by atoms with van der Waals surface area (Å²) < 4.78 is 5.61. The van der Waals surface area contributed by atoms with Crippen molar-refractivity contribution in [2.45, 2.75) is 19.8 Å². The van der Waals surface area contributed by atoms with Crippen LogP contribution in [0.5, 0.6) is 5.88 Å². The van der Waals surface area contributed by atoms with E-state index >= 15 is 0 Å². The first-order valence-corrected chi connectivity index (χ1v) is 5.47. The lowest BCUT2D eigenvalue weighted by molar-refractivity contribution is 0.210. The van der Waals surface area contributed by atoms with Crippen molar-refractivity contribution in [1.82, 2.24) is 15.5 Å². The van der Waals surface area contributed by atoms with Crippen molar-refractivity contribution >= 4 is 0 Å². The third kappa shape index (κ3) is 3.16. The molecule has 1 aromatic rings. The topological polar surface area (TPSA) is 47.0 Å². The second-order valence-electron chi connectivity index (χ2n) is 4.09. The summed E-state index contributed by atoms with van der Waals surface area (Å²) in [5.74, 6) is 1.25. The third-order valence-corrected chi connectivity index (χ3v) is 2.63. The minimum Gasteiger partial charge on any atom is -0.476 e. The number of hydrogen-bond donors (Lipinski definition) is 1. The lowest BCUT2D eigenvalue weighted by atomic mass is 10.0. The van der Waals surface area contributed by atoms with Crippen LogP contribution in [-0.2, 0) is 0 Å². The molecular formula is C11H17N3O. The number of nitrogens with zero attached hydrogens (tertiary/aromatic N) is 2. The van der Waals surface area contributed by atoms with Crippen LogP contribution in [-0.4, -0.2) is 29.9 Å². The van der Waals surface area contributed by atoms with Gasteiger partial charge in [-0.3, -0.25) is 0 Å². The maximum absolute atomic E-state index is 5.61. The van der Waals surface area contributed by atoms with E-state index in [1.54, 1.807) is 6.20 Å². The zero-order valence-electron chi connectivity index (χ0n) is 9.07. The van der Waals surface area contributed by atoms with Crippen LogP contribution in [0.4, 0.5) is 0 Å². The highest BCUT2D eigenvalue weighted by Gasteiger charge is 2.13. The predicted octanol–water partition coefficient (Wildman–Crippen LogP) is 1.16. The van der Waals surface area contributed by atoms with Gasteiger partial charge in [0, 0.05) is 18.5 Å². The van der Waals surface area contributed by atoms with Crippen molar-refractivity contribution in [2.75, 3.05) is 19.7 Å². The van der Waals surface area contributed by atoms with Crippen LogP contribution >= 0.6 is 0 Å². The smallest absolute Gasteiger partial charge is 0.233 e. The average molecular weight is 207 g/mol. The molecule has 4 nitrogen and oxygen atoms in total. The molecule has 1 aromatic heterocycles. The number of aryl methyl sites for hydroxylation is 1. The van der Waals surface area contributed by atoms with E-state index in [9.17, 15) is 0 Å². The first kappa shape index (κ1) is 10.4. The Labute approximate surface area is 90.1 Å². The second-order valence-corrected chi connectivity index (χ2v) is 4.09. The molecule has 4 heteroatoms. The normalized spacial score (nSPS) is 21.3. The number of piperidine rings is 1. The summed E-state index contributed by atoms with van der Waals surface area (Å²) in [4.78, 5) is 0. The van der Waals surface area contributed by atoms with Crippen molar-refractivity contribution in [3.05, 3.63) is 17.8 Å². The van der Waals surface area contributed by atoms with E-state index in [2.05, 4.69) is 15.5 Å². The quantitative estimate of drug-likeness (QED) is 0.808. The fourth-order valence-electron chi connectivity index (χ4n) is 1.78. The zero-order chi connectivity index (χ0) is 10.5. The van der Waals surface area contributed by atoms with Gasteiger partial charge in [-0.1, -0.05) is 0 Å². The third-order valence-electron chi connectivity index (χ3n) is 2.63. The molecular weight excluding hydrogens is 190 g/mol. The summed E-state index contributed by atoms with van der Waals surface area (Å²) in [6, 6.07) is 1.92. The monoisotopic (exact) mass is 207 g/mol. The van der Waals surface area contributed by atoms with Gasteiger partial charge in [-0.15, -0.1) is 5.10 Å². The van der Waals surface area contributed by atoms with Gasteiger partial charge >= 0.3 is 0 Å². The van der Waals surface area contributed by atoms with Crippen molar-refractivity contribution in [3.8, 4) is 5.88 Å². The van der Waals surface area contributed by atoms with E-state index < -0.39 is 0 Å². The van der Waals surface area contributed by atoms with E-state index in [4.69, 9.17) is 4.74 Å². The Bertz CT molecular complexity index is 310. The Morgan fingerprint density at radius 2 is 2.53 bits per heavy atom. The van der Waals surface area contributed by atoms with Crippen LogP contribution in [0.2, 0.25) is 0 Å². The SMILES string of the molecule is Cc1cnnc(OCC2CCCNC2)c1. The Balaban J connectivity index is 1.81. The van der Waals surface area contributed by atoms with E-state index in [0.717, 1.165) is 25.3 Å². The summed E-state index contributed by atoms with van der Waals surface area (Å²) >= 11 is 0. The van der Waals surface area contributed by atoms with Crippen molar-refractivity contribution in [2.24, 2.45) is 5.92 Å². The van der Waals surface area contributed by atoms with E-state index in [1.807, 2.05) is 13.0 Å². The second kappa shape index (κ2) is 5.07. The Kier molecular flexibility index (Phi) is 3.50. The van der Waals surface area contributed by atoms with Crippen molar-refractivity contribution < 1.29 is 4.74 Å². The molecule has 1 unspecified atom stereocenters. The van der Waals surface area contributed by atoms with Gasteiger partial charge in [0.25, 0.3) is 0 Å². The molecule has 0 aliphatic carbocycles. The predicted molar refractivity (Wildman–Crippen MR) is 57.9 cm³/mol. The molecule has 0 spiro atoms. The first-order chi connectivity index (χ1) is 7.34. The van der Waals surface area contributed by atoms with Gasteiger partial charge in [0.1, 0.15) is 0 Å². The lowest BCUT2D eigenvalue weighted by Crippen LogP contribution is -2.33. The molecule has 1 atom stereocenters. The number of hydrogen-bond acceptors (Lipinski definition) is 4. The Morgan fingerprint density at radius 1 is 1.60 bits per heavy atom. The molecule has 0 amide bonds. The van der Waals surface area contributed by atoms with Crippen LogP contribution in [0.25, 0.3) is 0 Å². The lowest BCUT2D eigenvalue weighted by Gasteiger charge is -2.22. The van der Waals surface area contributed by atoms with Crippen LogP contribution in [0.15, 0.2) is 12.3 Å². The van der Waals surface area contributed by atoms with Crippen LogP contribution in [0.1, 0.15) is 18.4 Å². The maximum Gasteiger partial charge on any atom is 0.233 e. The molecule has 1 aliphatic heterocycles. The maximum atomic E-state index is 5.61. The summed E-state index contributed by atoms with van der Waals surface area (Å²) in [5, 5.41) is 11.2. The number of rotatable bonds is 3. The van der Waals surface area contributed by atoms with Gasteiger partial charge in [-0.2, -0.15) is 5.10 Å². The Hall–Kier alpha value is -1.16. The number of ether oxygens (including phenoxy) is 1. The highest BCUT2D eigenvalue weighted by atomic mass is 16.5. The molecule has 0 saturated carbocycles. The van der Waals surface area contributed by atoms with Gasteiger partial charge in [-0.05, 0) is 31.9 Å². The highest BCUT2D eigenvalue weighted by Crippen LogP contribution is 2.13. The van der Waals surface area contributed by atoms with E-state index in [1.165, 1.54) is 12.8 Å². The highest BCUT2D eigenvalue weighted by molar-refractivity contribution is 5.14. The fraction of sp³-hybridized carbons (Fsp3) is 0.636. The van der Waals surface area contributed by atoms with Crippen LogP contribution in [0.3, 0.4) is 0 Å². The van der Waals surface area contributed by atoms with Crippen molar-refractivity contribution in [1.29, 1.82) is 0 Å². The van der Waals surface area contributed by atoms with Gasteiger partial charge in [-0.25, -0.2) is 0 Å². The minimum atomic E-state index is 0.612. The summed E-state index contributed by atoms with van der Waals surface area (Å²) in [7, 11) is 0. The van der Waals surface area contributed by atoms with E-state index in [-0.39, 0.29) is 0 Å². The molecule has 0 radical (unpaired) electrons. The van der Waals surface area contributed by atoms with Crippen molar-refractivity contribution in [3.63, 3.8) is 0 Å². The average Bonchev–Trinajstić information content (AvgIpc) is 2.28. The molecule has 0 aromatic carbocycles. The van der Waals surface area contributed by atoms with Gasteiger partial charge in [0.05, 0.1) is 12.8 Å². The molecule has 82 valence electrons. The molecule has 1 fully saturated rings. The molecule has 2 rings (SSSR count). The molecule has 1 saturated heterocycles. The molecule has 15 heavy (non-hydrogen) atoms. The first-order valence-electron chi connectivity index (χ1n) is 5.47. The summed E-state index contributed by atoms with van der Waals surface area (Å²) in [6.07, 6.45) is 4.22. The van der Waals surface area contributed by atoms with Crippen LogP contribution in [0, 0.1) is 12.8 Å². The largest absolute Gasteiger partial charge is 0.476 e. The fourth-order valence-corrected chi connectivity index (χ4v) is 1.78. The number of nitrogens with one attached hydrogen (secondary N) is 1. The van der Waals surface area contributed by atoms with Gasteiger partial charge < -0.3 is 10.1 Å². The van der Waals surface area contributed by atoms with E-state index in [0.29, 0.717) is 11.8 Å². The van der Waals surface area contributed by atoms with Gasteiger partial charge in [0.15, 0.2) is 0 Å². The molecule has 0 bridgehead atoms.